The average Bonchev–Trinajstić information content (AvgIpc) is 2.59. The minimum atomic E-state index is 0.377. The van der Waals surface area contributed by atoms with Crippen LogP contribution in [0.4, 0.5) is 5.82 Å². The Balaban J connectivity index is 2.76. The second-order valence-corrected chi connectivity index (χ2v) is 4.28. The van der Waals surface area contributed by atoms with Crippen molar-refractivity contribution in [1.29, 1.82) is 0 Å². The number of pyridine rings is 1. The summed E-state index contributed by atoms with van der Waals surface area (Å²) in [6.45, 7) is 6.17. The number of rotatable bonds is 2. The number of aryl methyl sites for hydroxylation is 1. The molecule has 0 unspecified atom stereocenters. The lowest BCUT2D eigenvalue weighted by molar-refractivity contribution is 0.443. The fraction of sp³-hybridized carbons (Fsp3) is 0.455. The Kier molecular flexibility index (Phi) is 2.55. The number of fused-ring (bicyclic) bond motifs is 1. The van der Waals surface area contributed by atoms with E-state index in [1.807, 2.05) is 13.0 Å². The van der Waals surface area contributed by atoms with Gasteiger partial charge in [0.05, 0.1) is 11.1 Å². The first-order valence-electron chi connectivity index (χ1n) is 5.26. The van der Waals surface area contributed by atoms with E-state index >= 15 is 0 Å². The number of aromatic nitrogens is 2. The molecule has 0 amide bonds. The summed E-state index contributed by atoms with van der Waals surface area (Å²) in [6.07, 6.45) is 0. The van der Waals surface area contributed by atoms with Gasteiger partial charge in [-0.25, -0.2) is 5.84 Å². The van der Waals surface area contributed by atoms with Gasteiger partial charge >= 0.3 is 0 Å². The number of anilines is 1. The highest BCUT2D eigenvalue weighted by Gasteiger charge is 2.16. The van der Waals surface area contributed by atoms with Crippen LogP contribution in [0.2, 0.25) is 0 Å². The van der Waals surface area contributed by atoms with E-state index in [1.165, 1.54) is 5.01 Å². The van der Waals surface area contributed by atoms with E-state index in [-0.39, 0.29) is 0 Å². The topological polar surface area (TPSA) is 68.2 Å². The molecule has 2 aromatic heterocycles. The monoisotopic (exact) mass is 220 g/mol. The van der Waals surface area contributed by atoms with E-state index in [4.69, 9.17) is 10.4 Å². The minimum Gasteiger partial charge on any atom is -0.335 e. The second-order valence-electron chi connectivity index (χ2n) is 4.28. The van der Waals surface area contributed by atoms with Gasteiger partial charge in [0.2, 0.25) is 0 Å². The van der Waals surface area contributed by atoms with Gasteiger partial charge in [0.25, 0.3) is 5.71 Å². The quantitative estimate of drug-likeness (QED) is 0.619. The van der Waals surface area contributed by atoms with Gasteiger partial charge < -0.3 is 4.52 Å². The van der Waals surface area contributed by atoms with Crippen molar-refractivity contribution in [2.75, 3.05) is 12.1 Å². The molecule has 16 heavy (non-hydrogen) atoms. The van der Waals surface area contributed by atoms with Crippen LogP contribution < -0.4 is 10.9 Å². The van der Waals surface area contributed by atoms with E-state index in [1.54, 1.807) is 7.05 Å². The fourth-order valence-corrected chi connectivity index (χ4v) is 1.75. The zero-order valence-corrected chi connectivity index (χ0v) is 9.98. The first-order chi connectivity index (χ1) is 7.50. The molecule has 86 valence electrons. The van der Waals surface area contributed by atoms with Crippen LogP contribution >= 0.6 is 0 Å². The van der Waals surface area contributed by atoms with E-state index < -0.39 is 0 Å². The summed E-state index contributed by atoms with van der Waals surface area (Å²) in [5.41, 5.74) is 2.59. The molecule has 0 saturated carbocycles. The lowest BCUT2D eigenvalue weighted by Crippen LogP contribution is -2.26. The third-order valence-corrected chi connectivity index (χ3v) is 2.62. The maximum absolute atomic E-state index is 5.69. The second kappa shape index (κ2) is 3.75. The lowest BCUT2D eigenvalue weighted by atomic mass is 10.00. The predicted molar refractivity (Wildman–Crippen MR) is 63.2 cm³/mol. The smallest absolute Gasteiger partial charge is 0.260 e. The highest BCUT2D eigenvalue weighted by atomic mass is 16.5. The molecule has 2 heterocycles. The molecule has 0 saturated heterocycles. The van der Waals surface area contributed by atoms with Crippen LogP contribution in [0.15, 0.2) is 10.6 Å². The third-order valence-electron chi connectivity index (χ3n) is 2.62. The summed E-state index contributed by atoms with van der Waals surface area (Å²) >= 11 is 0. The van der Waals surface area contributed by atoms with Gasteiger partial charge in [-0.2, -0.15) is 4.98 Å². The van der Waals surface area contributed by atoms with Crippen molar-refractivity contribution in [2.45, 2.75) is 26.7 Å². The van der Waals surface area contributed by atoms with Gasteiger partial charge in [-0.3, -0.25) is 5.01 Å². The molecular formula is C11H16N4O. The Hall–Kier alpha value is -1.62. The first-order valence-corrected chi connectivity index (χ1v) is 5.26. The van der Waals surface area contributed by atoms with Crippen molar-refractivity contribution in [3.05, 3.63) is 17.3 Å². The van der Waals surface area contributed by atoms with Gasteiger partial charge in [-0.1, -0.05) is 19.0 Å². The Morgan fingerprint density at radius 2 is 2.12 bits per heavy atom. The Morgan fingerprint density at radius 3 is 2.69 bits per heavy atom. The summed E-state index contributed by atoms with van der Waals surface area (Å²) in [6, 6.07) is 1.98. The average molecular weight is 220 g/mol. The van der Waals surface area contributed by atoms with Crippen LogP contribution in [0.5, 0.6) is 0 Å². The van der Waals surface area contributed by atoms with Gasteiger partial charge in [-0.15, -0.1) is 0 Å². The van der Waals surface area contributed by atoms with Crippen LogP contribution in [0.25, 0.3) is 11.1 Å². The summed E-state index contributed by atoms with van der Waals surface area (Å²) in [7, 11) is 1.75. The van der Waals surface area contributed by atoms with Gasteiger partial charge in [0.15, 0.2) is 0 Å². The van der Waals surface area contributed by atoms with Gasteiger partial charge in [-0.05, 0) is 24.5 Å². The Morgan fingerprint density at radius 1 is 1.44 bits per heavy atom. The molecule has 2 N–H and O–H groups in total. The summed E-state index contributed by atoms with van der Waals surface area (Å²) in [4.78, 5) is 4.31. The number of nitrogens with two attached hydrogens (primary N) is 1. The predicted octanol–water partition coefficient (Wildman–Crippen LogP) is 1.96. The van der Waals surface area contributed by atoms with Crippen molar-refractivity contribution in [1.82, 2.24) is 10.1 Å². The highest BCUT2D eigenvalue weighted by molar-refractivity contribution is 5.82. The van der Waals surface area contributed by atoms with Gasteiger partial charge in [0.1, 0.15) is 5.82 Å². The normalized spacial score (nSPS) is 11.4. The van der Waals surface area contributed by atoms with Crippen LogP contribution in [0, 0.1) is 6.92 Å². The first kappa shape index (κ1) is 10.9. The molecule has 0 atom stereocenters. The number of nitrogens with zero attached hydrogens (tertiary/aromatic N) is 3. The zero-order valence-electron chi connectivity index (χ0n) is 9.98. The molecule has 0 radical (unpaired) electrons. The van der Waals surface area contributed by atoms with E-state index in [9.17, 15) is 0 Å². The zero-order chi connectivity index (χ0) is 11.9. The number of hydrogen-bond acceptors (Lipinski definition) is 5. The molecule has 2 aromatic rings. The largest absolute Gasteiger partial charge is 0.335 e. The molecule has 0 aromatic carbocycles. The molecular weight excluding hydrogens is 204 g/mol. The molecule has 0 aliphatic carbocycles. The molecule has 2 rings (SSSR count). The van der Waals surface area contributed by atoms with Crippen LogP contribution in [0.1, 0.15) is 31.0 Å². The molecule has 0 bridgehead atoms. The van der Waals surface area contributed by atoms with Crippen molar-refractivity contribution < 1.29 is 4.52 Å². The van der Waals surface area contributed by atoms with E-state index in [2.05, 4.69) is 24.0 Å². The number of hydrazine groups is 1. The molecule has 0 fully saturated rings. The van der Waals surface area contributed by atoms with Crippen LogP contribution in [0.3, 0.4) is 0 Å². The molecule has 5 heteroatoms. The third kappa shape index (κ3) is 1.63. The van der Waals surface area contributed by atoms with Gasteiger partial charge in [0, 0.05) is 7.05 Å². The van der Waals surface area contributed by atoms with Crippen molar-refractivity contribution in [3.8, 4) is 0 Å². The number of hydrogen-bond donors (Lipinski definition) is 1. The van der Waals surface area contributed by atoms with E-state index in [0.29, 0.717) is 17.4 Å². The van der Waals surface area contributed by atoms with Crippen molar-refractivity contribution >= 4 is 16.9 Å². The summed E-state index contributed by atoms with van der Waals surface area (Å²) in [5, 5.41) is 6.42. The molecule has 5 nitrogen and oxygen atoms in total. The highest BCUT2D eigenvalue weighted by Crippen LogP contribution is 2.29. The van der Waals surface area contributed by atoms with Crippen molar-refractivity contribution in [2.24, 2.45) is 5.84 Å². The SMILES string of the molecule is Cc1noc2nc(N(C)N)cc(C(C)C)c12. The van der Waals surface area contributed by atoms with Crippen LogP contribution in [-0.2, 0) is 0 Å². The maximum Gasteiger partial charge on any atom is 0.260 e. The Labute approximate surface area is 94.2 Å². The minimum absolute atomic E-state index is 0.377. The Bertz CT molecular complexity index is 516. The molecule has 0 aliphatic rings. The fourth-order valence-electron chi connectivity index (χ4n) is 1.75. The molecule has 0 spiro atoms. The maximum atomic E-state index is 5.69. The van der Waals surface area contributed by atoms with Crippen LogP contribution in [-0.4, -0.2) is 17.2 Å². The molecule has 0 aliphatic heterocycles. The standard InChI is InChI=1S/C11H16N4O/c1-6(2)8-5-9(15(4)12)13-11-10(8)7(3)14-16-11/h5-6H,12H2,1-4H3. The lowest BCUT2D eigenvalue weighted by Gasteiger charge is -2.14. The summed E-state index contributed by atoms with van der Waals surface area (Å²) in [5.74, 6) is 6.75. The van der Waals surface area contributed by atoms with E-state index in [0.717, 1.165) is 16.6 Å². The van der Waals surface area contributed by atoms with Crippen molar-refractivity contribution in [3.63, 3.8) is 0 Å². The summed E-state index contributed by atoms with van der Waals surface area (Å²) < 4.78 is 5.19.